The molecule has 2 aliphatic rings. The van der Waals surface area contributed by atoms with Gasteiger partial charge in [0.1, 0.15) is 5.65 Å². The minimum Gasteiger partial charge on any atom is -0.388 e. The first-order valence-corrected chi connectivity index (χ1v) is 9.26. The molecule has 1 amide bonds. The monoisotopic (exact) mass is 342 g/mol. The molecule has 0 aromatic carbocycles. The molecule has 0 unspecified atom stereocenters. The lowest BCUT2D eigenvalue weighted by Crippen LogP contribution is -2.52. The summed E-state index contributed by atoms with van der Waals surface area (Å²) in [5, 5.41) is 10.8. The number of hydrogen-bond donors (Lipinski definition) is 1. The van der Waals surface area contributed by atoms with Crippen molar-refractivity contribution in [3.63, 3.8) is 0 Å². The third-order valence-electron chi connectivity index (χ3n) is 5.59. The summed E-state index contributed by atoms with van der Waals surface area (Å²) in [6.45, 7) is 4.22. The molecule has 0 saturated carbocycles. The van der Waals surface area contributed by atoms with Crippen LogP contribution in [0.15, 0.2) is 30.6 Å². The number of pyridine rings is 1. The van der Waals surface area contributed by atoms with Gasteiger partial charge in [0, 0.05) is 32.0 Å². The number of carbonyl (C=O) groups is 1. The first-order valence-electron chi connectivity index (χ1n) is 9.26. The van der Waals surface area contributed by atoms with E-state index in [4.69, 9.17) is 0 Å². The zero-order chi connectivity index (χ0) is 17.3. The second kappa shape index (κ2) is 6.77. The number of aromatic nitrogens is 2. The SMILES string of the molecule is O=C(Cc1cnc2ccccn12)N1CCC(O)(CN2CCCC2)CC1. The maximum atomic E-state index is 12.7. The highest BCUT2D eigenvalue weighted by atomic mass is 16.3. The van der Waals surface area contributed by atoms with E-state index in [0.717, 1.165) is 31.0 Å². The standard InChI is InChI=1S/C19H26N4O2/c24-18(13-16-14-20-17-5-1-2-10-23(16)17)22-11-6-19(25,7-12-22)15-21-8-3-4-9-21/h1-2,5,10,14,25H,3-4,6-9,11-13,15H2. The van der Waals surface area contributed by atoms with Gasteiger partial charge in [0.05, 0.1) is 17.7 Å². The molecule has 2 aromatic rings. The molecule has 0 atom stereocenters. The number of carbonyl (C=O) groups excluding carboxylic acids is 1. The normalized spacial score (nSPS) is 21.1. The van der Waals surface area contributed by atoms with E-state index in [1.807, 2.05) is 33.7 Å². The Morgan fingerprint density at radius 2 is 1.92 bits per heavy atom. The Balaban J connectivity index is 1.34. The van der Waals surface area contributed by atoms with Gasteiger partial charge in [-0.3, -0.25) is 4.79 Å². The second-order valence-corrected chi connectivity index (χ2v) is 7.44. The lowest BCUT2D eigenvalue weighted by Gasteiger charge is -2.40. The van der Waals surface area contributed by atoms with Crippen LogP contribution in [0.3, 0.4) is 0 Å². The number of aliphatic hydroxyl groups is 1. The topological polar surface area (TPSA) is 61.1 Å². The fourth-order valence-corrected chi connectivity index (χ4v) is 4.07. The van der Waals surface area contributed by atoms with E-state index in [9.17, 15) is 9.90 Å². The predicted octanol–water partition coefficient (Wildman–Crippen LogP) is 1.33. The van der Waals surface area contributed by atoms with Crippen molar-refractivity contribution in [2.75, 3.05) is 32.7 Å². The van der Waals surface area contributed by atoms with Crippen LogP contribution in [0, 0.1) is 0 Å². The zero-order valence-electron chi connectivity index (χ0n) is 14.6. The summed E-state index contributed by atoms with van der Waals surface area (Å²) in [6, 6.07) is 5.83. The van der Waals surface area contributed by atoms with Crippen LogP contribution in [0.5, 0.6) is 0 Å². The summed E-state index contributed by atoms with van der Waals surface area (Å²) in [7, 11) is 0. The molecule has 2 saturated heterocycles. The van der Waals surface area contributed by atoms with E-state index in [1.165, 1.54) is 12.8 Å². The number of likely N-dealkylation sites (tertiary alicyclic amines) is 2. The zero-order valence-corrected chi connectivity index (χ0v) is 14.6. The number of nitrogens with zero attached hydrogens (tertiary/aromatic N) is 4. The van der Waals surface area contributed by atoms with Crippen LogP contribution in [0.2, 0.25) is 0 Å². The Hall–Kier alpha value is -1.92. The van der Waals surface area contributed by atoms with Gasteiger partial charge in [-0.1, -0.05) is 6.07 Å². The third-order valence-corrected chi connectivity index (χ3v) is 5.59. The Morgan fingerprint density at radius 3 is 2.68 bits per heavy atom. The highest BCUT2D eigenvalue weighted by Gasteiger charge is 2.36. The van der Waals surface area contributed by atoms with E-state index in [-0.39, 0.29) is 5.91 Å². The molecule has 0 aliphatic carbocycles. The van der Waals surface area contributed by atoms with Crippen molar-refractivity contribution in [3.05, 3.63) is 36.3 Å². The molecule has 0 radical (unpaired) electrons. The molecule has 0 spiro atoms. The molecule has 6 heteroatoms. The van der Waals surface area contributed by atoms with Crippen LogP contribution in [-0.2, 0) is 11.2 Å². The van der Waals surface area contributed by atoms with Crippen LogP contribution in [-0.4, -0.2) is 68.5 Å². The number of rotatable bonds is 4. The minimum atomic E-state index is -0.634. The minimum absolute atomic E-state index is 0.119. The summed E-state index contributed by atoms with van der Waals surface area (Å²) in [6.07, 6.45) is 7.89. The quantitative estimate of drug-likeness (QED) is 0.911. The van der Waals surface area contributed by atoms with Gasteiger partial charge in [-0.15, -0.1) is 0 Å². The second-order valence-electron chi connectivity index (χ2n) is 7.44. The molecule has 134 valence electrons. The van der Waals surface area contributed by atoms with Crippen molar-refractivity contribution in [1.82, 2.24) is 19.2 Å². The smallest absolute Gasteiger partial charge is 0.228 e. The summed E-state index contributed by atoms with van der Waals surface area (Å²) in [5.74, 6) is 0.119. The van der Waals surface area contributed by atoms with Gasteiger partial charge >= 0.3 is 0 Å². The molecule has 4 heterocycles. The molecule has 6 nitrogen and oxygen atoms in total. The van der Waals surface area contributed by atoms with E-state index < -0.39 is 5.60 Å². The molecule has 2 aromatic heterocycles. The molecular formula is C19H26N4O2. The average molecular weight is 342 g/mol. The Bertz CT molecular complexity index is 743. The Morgan fingerprint density at radius 1 is 1.16 bits per heavy atom. The molecule has 2 fully saturated rings. The van der Waals surface area contributed by atoms with Crippen molar-refractivity contribution in [1.29, 1.82) is 0 Å². The fraction of sp³-hybridized carbons (Fsp3) is 0.579. The summed E-state index contributed by atoms with van der Waals surface area (Å²) >= 11 is 0. The van der Waals surface area contributed by atoms with Gasteiger partial charge in [0.2, 0.25) is 5.91 Å². The van der Waals surface area contributed by atoms with Crippen LogP contribution >= 0.6 is 0 Å². The van der Waals surface area contributed by atoms with Crippen LogP contribution in [0.4, 0.5) is 0 Å². The van der Waals surface area contributed by atoms with Gasteiger partial charge in [-0.2, -0.15) is 0 Å². The maximum Gasteiger partial charge on any atom is 0.228 e. The lowest BCUT2D eigenvalue weighted by atomic mass is 9.90. The van der Waals surface area contributed by atoms with Gasteiger partial charge in [0.15, 0.2) is 0 Å². The summed E-state index contributed by atoms with van der Waals surface area (Å²) in [5.41, 5.74) is 1.15. The van der Waals surface area contributed by atoms with Gasteiger partial charge < -0.3 is 19.3 Å². The van der Waals surface area contributed by atoms with Crippen LogP contribution in [0.25, 0.3) is 5.65 Å². The number of fused-ring (bicyclic) bond motifs is 1. The van der Waals surface area contributed by atoms with Crippen LogP contribution in [0.1, 0.15) is 31.4 Å². The van der Waals surface area contributed by atoms with E-state index in [1.54, 1.807) is 6.20 Å². The molecule has 2 aliphatic heterocycles. The van der Waals surface area contributed by atoms with Gasteiger partial charge in [-0.25, -0.2) is 4.98 Å². The van der Waals surface area contributed by atoms with Gasteiger partial charge in [-0.05, 0) is 50.9 Å². The number of imidazole rings is 1. The lowest BCUT2D eigenvalue weighted by molar-refractivity contribution is -0.135. The molecule has 4 rings (SSSR count). The average Bonchev–Trinajstić information content (AvgIpc) is 3.25. The van der Waals surface area contributed by atoms with E-state index in [0.29, 0.717) is 32.4 Å². The number of piperidine rings is 1. The predicted molar refractivity (Wildman–Crippen MR) is 95.3 cm³/mol. The first kappa shape index (κ1) is 16.5. The number of amides is 1. The highest BCUT2D eigenvalue weighted by Crippen LogP contribution is 2.25. The molecule has 0 bridgehead atoms. The summed E-state index contributed by atoms with van der Waals surface area (Å²) in [4.78, 5) is 21.2. The number of β-amino-alcohol motifs (C(OH)–C–C–N with tert-alkyl or cyclic N) is 1. The van der Waals surface area contributed by atoms with E-state index in [2.05, 4.69) is 9.88 Å². The van der Waals surface area contributed by atoms with Crippen molar-refractivity contribution in [2.24, 2.45) is 0 Å². The van der Waals surface area contributed by atoms with Crippen LogP contribution < -0.4 is 0 Å². The van der Waals surface area contributed by atoms with E-state index >= 15 is 0 Å². The Labute approximate surface area is 148 Å². The molecule has 25 heavy (non-hydrogen) atoms. The number of hydrogen-bond acceptors (Lipinski definition) is 4. The van der Waals surface area contributed by atoms with Crippen molar-refractivity contribution >= 4 is 11.6 Å². The third kappa shape index (κ3) is 3.55. The van der Waals surface area contributed by atoms with Crippen molar-refractivity contribution in [2.45, 2.75) is 37.7 Å². The Kier molecular flexibility index (Phi) is 4.48. The molecule has 1 N–H and O–H groups in total. The summed E-state index contributed by atoms with van der Waals surface area (Å²) < 4.78 is 1.96. The fourth-order valence-electron chi connectivity index (χ4n) is 4.07. The highest BCUT2D eigenvalue weighted by molar-refractivity contribution is 5.78. The largest absolute Gasteiger partial charge is 0.388 e. The molecular weight excluding hydrogens is 316 g/mol. The van der Waals surface area contributed by atoms with Gasteiger partial charge in [0.25, 0.3) is 0 Å². The van der Waals surface area contributed by atoms with Crippen molar-refractivity contribution in [3.8, 4) is 0 Å². The first-order chi connectivity index (χ1) is 12.1. The maximum absolute atomic E-state index is 12.7. The van der Waals surface area contributed by atoms with Crippen molar-refractivity contribution < 1.29 is 9.90 Å².